The van der Waals surface area contributed by atoms with Gasteiger partial charge in [0.05, 0.1) is 39.5 Å². The molecule has 0 aliphatic rings. The van der Waals surface area contributed by atoms with Crippen LogP contribution in [0.2, 0.25) is 0 Å². The largest absolute Gasteiger partial charge is 0.505 e. The molecule has 5 rings (SSSR count). The number of carbonyl (C=O) groups excluding carboxylic acids is 1. The topological polar surface area (TPSA) is 184 Å². The van der Waals surface area contributed by atoms with Crippen LogP contribution in [0.4, 0.5) is 22.7 Å². The number of anilines is 2. The van der Waals surface area contributed by atoms with Crippen LogP contribution >= 0.6 is 0 Å². The van der Waals surface area contributed by atoms with Crippen molar-refractivity contribution < 1.29 is 36.0 Å². The molecule has 0 spiro atoms. The number of hydrogen-bond acceptors (Lipinski definition) is 9. The third-order valence-electron chi connectivity index (χ3n) is 7.07. The van der Waals surface area contributed by atoms with Crippen molar-refractivity contribution in [2.75, 3.05) is 17.1 Å². The molecule has 46 heavy (non-hydrogen) atoms. The van der Waals surface area contributed by atoms with E-state index in [-0.39, 0.29) is 27.5 Å². The van der Waals surface area contributed by atoms with Crippen molar-refractivity contribution in [1.82, 2.24) is 0 Å². The van der Waals surface area contributed by atoms with Crippen molar-refractivity contribution in [3.63, 3.8) is 0 Å². The van der Waals surface area contributed by atoms with Crippen LogP contribution < -0.4 is 14.8 Å². The summed E-state index contributed by atoms with van der Waals surface area (Å²) in [4.78, 5) is 12.7. The maximum atomic E-state index is 13.4. The lowest BCUT2D eigenvalue weighted by molar-refractivity contribution is 0.102. The monoisotopic (exact) mass is 660 g/mol. The number of aryl methyl sites for hydroxylation is 2. The minimum Gasteiger partial charge on any atom is -0.505 e. The molecule has 0 unspecified atom stereocenters. The summed E-state index contributed by atoms with van der Waals surface area (Å²) in [6.07, 6.45) is 0. The van der Waals surface area contributed by atoms with Gasteiger partial charge < -0.3 is 15.2 Å². The lowest BCUT2D eigenvalue weighted by Gasteiger charge is -2.14. The van der Waals surface area contributed by atoms with Gasteiger partial charge in [-0.1, -0.05) is 48.5 Å². The first kappa shape index (κ1) is 32.1. The van der Waals surface area contributed by atoms with Gasteiger partial charge in [-0.3, -0.25) is 14.1 Å². The highest BCUT2D eigenvalue weighted by atomic mass is 32.2. The van der Waals surface area contributed by atoms with Gasteiger partial charge in [0.2, 0.25) is 0 Å². The molecule has 0 radical (unpaired) electrons. The Morgan fingerprint density at radius 3 is 2.24 bits per heavy atom. The molecule has 0 saturated carbocycles. The molecule has 5 aromatic carbocycles. The fraction of sp³-hybridized carbons (Fsp3) is 0.0938. The molecule has 0 atom stereocenters. The summed E-state index contributed by atoms with van der Waals surface area (Å²) in [6.45, 7) is 3.14. The third kappa shape index (κ3) is 6.68. The number of fused-ring (bicyclic) bond motifs is 1. The summed E-state index contributed by atoms with van der Waals surface area (Å²) >= 11 is 0. The fourth-order valence-corrected chi connectivity index (χ4v) is 6.54. The van der Waals surface area contributed by atoms with E-state index in [4.69, 9.17) is 4.74 Å². The summed E-state index contributed by atoms with van der Waals surface area (Å²) < 4.78 is 67.1. The summed E-state index contributed by atoms with van der Waals surface area (Å²) in [5.74, 6) is -0.630. The Hall–Kier alpha value is -5.31. The number of nitrogens with zero attached hydrogens (tertiary/aromatic N) is 2. The molecule has 1 amide bonds. The van der Waals surface area contributed by atoms with E-state index < -0.39 is 36.7 Å². The zero-order valence-electron chi connectivity index (χ0n) is 24.7. The summed E-state index contributed by atoms with van der Waals surface area (Å²) in [5.41, 5.74) is 1.16. The van der Waals surface area contributed by atoms with Crippen molar-refractivity contribution >= 4 is 59.6 Å². The number of azo groups is 1. The molecule has 0 bridgehead atoms. The van der Waals surface area contributed by atoms with Crippen LogP contribution in [0.25, 0.3) is 10.8 Å². The lowest BCUT2D eigenvalue weighted by atomic mass is 10.0. The molecule has 0 fully saturated rings. The average molecular weight is 661 g/mol. The zero-order valence-corrected chi connectivity index (χ0v) is 26.3. The predicted molar refractivity (Wildman–Crippen MR) is 174 cm³/mol. The summed E-state index contributed by atoms with van der Waals surface area (Å²) in [5, 5.41) is 23.5. The second-order valence-corrected chi connectivity index (χ2v) is 13.3. The highest BCUT2D eigenvalue weighted by molar-refractivity contribution is 7.92. The molecule has 5 aromatic rings. The first-order valence-electron chi connectivity index (χ1n) is 13.6. The Morgan fingerprint density at radius 2 is 1.50 bits per heavy atom. The van der Waals surface area contributed by atoms with Crippen LogP contribution in [0.3, 0.4) is 0 Å². The van der Waals surface area contributed by atoms with E-state index in [0.717, 1.165) is 12.1 Å². The Balaban J connectivity index is 1.51. The van der Waals surface area contributed by atoms with E-state index in [1.807, 2.05) is 0 Å². The van der Waals surface area contributed by atoms with Crippen molar-refractivity contribution in [3.8, 4) is 11.5 Å². The van der Waals surface area contributed by atoms with Gasteiger partial charge in [0.15, 0.2) is 5.75 Å². The van der Waals surface area contributed by atoms with E-state index in [1.165, 1.54) is 37.4 Å². The molecule has 0 aliphatic heterocycles. The number of ether oxygens (including phenoxy) is 1. The maximum Gasteiger partial charge on any atom is 0.294 e. The Kier molecular flexibility index (Phi) is 8.79. The second-order valence-electron chi connectivity index (χ2n) is 10.2. The number of phenols is 1. The van der Waals surface area contributed by atoms with Gasteiger partial charge in [0, 0.05) is 5.39 Å². The predicted octanol–water partition coefficient (Wildman–Crippen LogP) is 6.89. The van der Waals surface area contributed by atoms with Crippen molar-refractivity contribution in [1.29, 1.82) is 0 Å². The van der Waals surface area contributed by atoms with Crippen LogP contribution in [-0.2, 0) is 20.1 Å². The normalized spacial score (nSPS) is 11.9. The van der Waals surface area contributed by atoms with Crippen LogP contribution in [0.1, 0.15) is 21.5 Å². The van der Waals surface area contributed by atoms with Crippen LogP contribution in [0.15, 0.2) is 111 Å². The molecule has 4 N–H and O–H groups in total. The highest BCUT2D eigenvalue weighted by Gasteiger charge is 2.22. The van der Waals surface area contributed by atoms with Crippen LogP contribution in [0.5, 0.6) is 11.5 Å². The summed E-state index contributed by atoms with van der Waals surface area (Å²) in [7, 11) is -7.37. The minimum atomic E-state index is -4.57. The number of nitrogens with one attached hydrogen (secondary N) is 2. The molecule has 236 valence electrons. The molecule has 12 nitrogen and oxygen atoms in total. The van der Waals surface area contributed by atoms with Crippen molar-refractivity contribution in [2.24, 2.45) is 10.2 Å². The van der Waals surface area contributed by atoms with Gasteiger partial charge in [-0.15, -0.1) is 5.11 Å². The first-order chi connectivity index (χ1) is 21.8. The number of methoxy groups -OCH3 is 1. The number of aromatic hydroxyl groups is 1. The highest BCUT2D eigenvalue weighted by Crippen LogP contribution is 2.40. The number of hydrogen-bond donors (Lipinski definition) is 4. The summed E-state index contributed by atoms with van der Waals surface area (Å²) in [6, 6.07) is 23.1. The van der Waals surface area contributed by atoms with E-state index in [2.05, 4.69) is 20.3 Å². The van der Waals surface area contributed by atoms with E-state index in [9.17, 15) is 31.3 Å². The van der Waals surface area contributed by atoms with Crippen molar-refractivity contribution in [2.45, 2.75) is 23.6 Å². The number of sulfonamides is 1. The van der Waals surface area contributed by atoms with Gasteiger partial charge in [-0.05, 0) is 72.8 Å². The Morgan fingerprint density at radius 1 is 0.804 bits per heavy atom. The fourth-order valence-electron chi connectivity index (χ4n) is 4.65. The Bertz CT molecular complexity index is 2250. The molecular formula is C32H28N4O8S2. The van der Waals surface area contributed by atoms with E-state index >= 15 is 0 Å². The number of amides is 1. The molecule has 0 aromatic heterocycles. The molecular weight excluding hydrogens is 633 g/mol. The molecule has 0 heterocycles. The van der Waals surface area contributed by atoms with Gasteiger partial charge in [-0.25, -0.2) is 8.42 Å². The zero-order chi connectivity index (χ0) is 33.2. The van der Waals surface area contributed by atoms with E-state index in [0.29, 0.717) is 33.3 Å². The maximum absolute atomic E-state index is 13.4. The standard InChI is InChI=1S/C32H28N4O8S2/c1-19-13-15-23(46(41,42)43)18-27(19)36-45(39,40)29-17-22(14-12-20(29)2)34-35-30-24-9-5-4-8-21(24)16-25(31(30)37)32(38)33-26-10-6-7-11-28(26)44-3/h4-18,36-37H,1-3H3,(H,33,38)(H,41,42,43). The number of phenolic OH excluding ortho intramolecular Hbond substituents is 1. The minimum absolute atomic E-state index is 0.0102. The second kappa shape index (κ2) is 12.6. The average Bonchev–Trinajstić information content (AvgIpc) is 3.01. The van der Waals surface area contributed by atoms with Crippen LogP contribution in [-0.4, -0.2) is 39.5 Å². The van der Waals surface area contributed by atoms with Crippen molar-refractivity contribution in [3.05, 3.63) is 108 Å². The quantitative estimate of drug-likeness (QED) is 0.0973. The van der Waals surface area contributed by atoms with Gasteiger partial charge >= 0.3 is 0 Å². The number of carbonyl (C=O) groups is 1. The smallest absolute Gasteiger partial charge is 0.294 e. The van der Waals surface area contributed by atoms with E-state index in [1.54, 1.807) is 62.4 Å². The van der Waals surface area contributed by atoms with Gasteiger partial charge in [-0.2, -0.15) is 13.5 Å². The number of rotatable bonds is 9. The van der Waals surface area contributed by atoms with Gasteiger partial charge in [0.1, 0.15) is 11.4 Å². The molecule has 14 heteroatoms. The Labute approximate surface area is 265 Å². The first-order valence-corrected chi connectivity index (χ1v) is 16.5. The lowest BCUT2D eigenvalue weighted by Crippen LogP contribution is -2.15. The third-order valence-corrected chi connectivity index (χ3v) is 9.43. The van der Waals surface area contributed by atoms with Gasteiger partial charge in [0.25, 0.3) is 26.0 Å². The molecule has 0 saturated heterocycles. The number of para-hydroxylation sites is 2. The molecule has 0 aliphatic carbocycles. The van der Waals surface area contributed by atoms with Crippen LogP contribution in [0, 0.1) is 13.8 Å². The number of benzene rings is 5. The SMILES string of the molecule is COc1ccccc1NC(=O)c1cc2ccccc2c(N=Nc2ccc(C)c(S(=O)(=O)Nc3cc(S(=O)(=O)O)ccc3C)c2)c1O.